The molecule has 2 rings (SSSR count). The van der Waals surface area contributed by atoms with Gasteiger partial charge in [0.2, 0.25) is 5.91 Å². The molecule has 0 aromatic heterocycles. The first-order valence-corrected chi connectivity index (χ1v) is 8.58. The number of aromatic hydroxyl groups is 1. The lowest BCUT2D eigenvalue weighted by atomic mass is 10.1. The maximum atomic E-state index is 11.8. The first-order chi connectivity index (χ1) is 10.5. The van der Waals surface area contributed by atoms with Gasteiger partial charge in [0.25, 0.3) is 0 Å². The van der Waals surface area contributed by atoms with Crippen LogP contribution in [0.5, 0.6) is 5.75 Å². The Morgan fingerprint density at radius 1 is 1.14 bits per heavy atom. The highest BCUT2D eigenvalue weighted by atomic mass is 79.9. The van der Waals surface area contributed by atoms with Crippen LogP contribution in [0.1, 0.15) is 11.1 Å². The van der Waals surface area contributed by atoms with Crippen LogP contribution in [0.3, 0.4) is 0 Å². The maximum absolute atomic E-state index is 11.8. The van der Waals surface area contributed by atoms with Crippen LogP contribution in [0.2, 0.25) is 0 Å². The zero-order chi connectivity index (χ0) is 16.1. The number of nitrogens with one attached hydrogen (secondary N) is 1. The third-order valence-electron chi connectivity index (χ3n) is 2.72. The van der Waals surface area contributed by atoms with E-state index in [-0.39, 0.29) is 18.1 Å². The maximum Gasteiger partial charge on any atom is 0.244 e. The van der Waals surface area contributed by atoms with Gasteiger partial charge in [-0.25, -0.2) is 5.43 Å². The lowest BCUT2D eigenvalue weighted by molar-refractivity contribution is -0.120. The van der Waals surface area contributed by atoms with Crippen LogP contribution in [0.4, 0.5) is 0 Å². The fourth-order valence-electron chi connectivity index (χ4n) is 1.67. The number of phenolic OH excluding ortho intramolecular Hbond substituents is 1. The van der Waals surface area contributed by atoms with Gasteiger partial charge < -0.3 is 5.11 Å². The summed E-state index contributed by atoms with van der Waals surface area (Å²) in [5.74, 6) is -0.0769. The average molecular weight is 491 g/mol. The van der Waals surface area contributed by atoms with Crippen molar-refractivity contribution in [2.24, 2.45) is 5.10 Å². The fraction of sp³-hybridized carbons (Fsp3) is 0.0667. The average Bonchev–Trinajstić information content (AvgIpc) is 2.47. The van der Waals surface area contributed by atoms with Crippen LogP contribution in [-0.2, 0) is 11.2 Å². The summed E-state index contributed by atoms with van der Waals surface area (Å²) in [6.07, 6.45) is 1.77. The van der Waals surface area contributed by atoms with E-state index in [0.29, 0.717) is 8.95 Å². The SMILES string of the molecule is O=C(Cc1ccc(Br)cc1)NN=Cc1cc(Br)c(O)c(Br)c1. The lowest BCUT2D eigenvalue weighted by Gasteiger charge is -2.03. The summed E-state index contributed by atoms with van der Waals surface area (Å²) in [5, 5.41) is 13.5. The quantitative estimate of drug-likeness (QED) is 0.494. The predicted molar refractivity (Wildman–Crippen MR) is 97.1 cm³/mol. The van der Waals surface area contributed by atoms with Gasteiger partial charge in [0, 0.05) is 4.47 Å². The summed E-state index contributed by atoms with van der Waals surface area (Å²) in [5.41, 5.74) is 4.12. The second-order valence-corrected chi connectivity index (χ2v) is 7.05. The number of hydrazone groups is 1. The summed E-state index contributed by atoms with van der Waals surface area (Å²) >= 11 is 9.82. The van der Waals surface area contributed by atoms with E-state index >= 15 is 0 Å². The molecule has 2 aromatic carbocycles. The van der Waals surface area contributed by atoms with Crippen LogP contribution >= 0.6 is 47.8 Å². The monoisotopic (exact) mass is 488 g/mol. The molecule has 1 amide bonds. The molecule has 0 saturated carbocycles. The molecule has 0 radical (unpaired) electrons. The number of phenols is 1. The van der Waals surface area contributed by atoms with E-state index in [0.717, 1.165) is 15.6 Å². The molecular formula is C15H11Br3N2O2. The molecule has 4 nitrogen and oxygen atoms in total. The van der Waals surface area contributed by atoms with E-state index in [9.17, 15) is 9.90 Å². The molecular weight excluding hydrogens is 480 g/mol. The van der Waals surface area contributed by atoms with Crippen LogP contribution in [0.25, 0.3) is 0 Å². The number of carbonyl (C=O) groups is 1. The standard InChI is InChI=1S/C15H11Br3N2O2/c16-11-3-1-9(2-4-11)7-14(21)20-19-8-10-5-12(17)15(22)13(18)6-10/h1-6,8,22H,7H2,(H,20,21). The predicted octanol–water partition coefficient (Wildman–Crippen LogP) is 4.37. The summed E-state index contributed by atoms with van der Waals surface area (Å²) in [4.78, 5) is 11.8. The van der Waals surface area contributed by atoms with Crippen molar-refractivity contribution in [1.29, 1.82) is 0 Å². The third kappa shape index (κ3) is 4.93. The van der Waals surface area contributed by atoms with Crippen molar-refractivity contribution in [1.82, 2.24) is 5.43 Å². The van der Waals surface area contributed by atoms with Crippen LogP contribution in [-0.4, -0.2) is 17.2 Å². The van der Waals surface area contributed by atoms with Crippen molar-refractivity contribution in [2.45, 2.75) is 6.42 Å². The number of halogens is 3. The van der Waals surface area contributed by atoms with Gasteiger partial charge in [0.05, 0.1) is 21.6 Å². The Morgan fingerprint density at radius 3 is 2.32 bits per heavy atom. The van der Waals surface area contributed by atoms with E-state index in [1.54, 1.807) is 12.1 Å². The molecule has 2 N–H and O–H groups in total. The van der Waals surface area contributed by atoms with E-state index in [4.69, 9.17) is 0 Å². The number of nitrogens with zero attached hydrogens (tertiary/aromatic N) is 1. The molecule has 0 fully saturated rings. The van der Waals surface area contributed by atoms with E-state index in [2.05, 4.69) is 58.3 Å². The van der Waals surface area contributed by atoms with Crippen molar-refractivity contribution >= 4 is 59.9 Å². The number of hydrogen-bond donors (Lipinski definition) is 2. The Labute approximate surface area is 153 Å². The Balaban J connectivity index is 1.94. The zero-order valence-electron chi connectivity index (χ0n) is 11.2. The smallest absolute Gasteiger partial charge is 0.244 e. The molecule has 0 aliphatic carbocycles. The number of rotatable bonds is 4. The molecule has 0 aliphatic rings. The molecule has 0 bridgehead atoms. The van der Waals surface area contributed by atoms with Crippen molar-refractivity contribution in [3.05, 3.63) is 60.9 Å². The molecule has 0 saturated heterocycles. The third-order valence-corrected chi connectivity index (χ3v) is 4.46. The molecule has 0 heterocycles. The van der Waals surface area contributed by atoms with Gasteiger partial charge in [-0.15, -0.1) is 0 Å². The summed E-state index contributed by atoms with van der Waals surface area (Å²) in [6, 6.07) is 10.9. The number of carbonyl (C=O) groups excluding carboxylic acids is 1. The molecule has 22 heavy (non-hydrogen) atoms. The van der Waals surface area contributed by atoms with Gasteiger partial charge in [0.1, 0.15) is 5.75 Å². The van der Waals surface area contributed by atoms with Crippen molar-refractivity contribution in [2.75, 3.05) is 0 Å². The van der Waals surface area contributed by atoms with E-state index < -0.39 is 0 Å². The highest BCUT2D eigenvalue weighted by Crippen LogP contribution is 2.32. The van der Waals surface area contributed by atoms with Crippen molar-refractivity contribution < 1.29 is 9.90 Å². The van der Waals surface area contributed by atoms with Gasteiger partial charge in [0.15, 0.2) is 0 Å². The number of hydrogen-bond acceptors (Lipinski definition) is 3. The minimum absolute atomic E-state index is 0.122. The number of amides is 1. The fourth-order valence-corrected chi connectivity index (χ4v) is 3.15. The second-order valence-electron chi connectivity index (χ2n) is 4.43. The minimum Gasteiger partial charge on any atom is -0.506 e. The zero-order valence-corrected chi connectivity index (χ0v) is 15.9. The van der Waals surface area contributed by atoms with Gasteiger partial charge in [-0.05, 0) is 67.3 Å². The largest absolute Gasteiger partial charge is 0.506 e. The van der Waals surface area contributed by atoms with E-state index in [1.165, 1.54) is 6.21 Å². The molecule has 114 valence electrons. The van der Waals surface area contributed by atoms with Gasteiger partial charge in [-0.3, -0.25) is 4.79 Å². The van der Waals surface area contributed by atoms with Gasteiger partial charge in [-0.2, -0.15) is 5.10 Å². The minimum atomic E-state index is -0.199. The normalized spacial score (nSPS) is 10.9. The van der Waals surface area contributed by atoms with Gasteiger partial charge >= 0.3 is 0 Å². The Hall–Kier alpha value is -1.18. The summed E-state index contributed by atoms with van der Waals surface area (Å²) in [7, 11) is 0. The molecule has 0 aliphatic heterocycles. The van der Waals surface area contributed by atoms with Crippen LogP contribution in [0.15, 0.2) is 54.9 Å². The van der Waals surface area contributed by atoms with Crippen LogP contribution < -0.4 is 5.43 Å². The first-order valence-electron chi connectivity index (χ1n) is 6.20. The Bertz CT molecular complexity index is 692. The summed E-state index contributed by atoms with van der Waals surface area (Å²) in [6.45, 7) is 0. The van der Waals surface area contributed by atoms with E-state index in [1.807, 2.05) is 24.3 Å². The molecule has 0 spiro atoms. The highest BCUT2D eigenvalue weighted by molar-refractivity contribution is 9.11. The lowest BCUT2D eigenvalue weighted by Crippen LogP contribution is -2.19. The van der Waals surface area contributed by atoms with Gasteiger partial charge in [-0.1, -0.05) is 28.1 Å². The summed E-state index contributed by atoms with van der Waals surface area (Å²) < 4.78 is 2.06. The molecule has 0 atom stereocenters. The first kappa shape index (κ1) is 17.2. The van der Waals surface area contributed by atoms with Crippen molar-refractivity contribution in [3.8, 4) is 5.75 Å². The molecule has 7 heteroatoms. The topological polar surface area (TPSA) is 61.7 Å². The number of benzene rings is 2. The Kier molecular flexibility index (Phi) is 6.16. The molecule has 2 aromatic rings. The molecule has 0 unspecified atom stereocenters. The Morgan fingerprint density at radius 2 is 1.73 bits per heavy atom. The highest BCUT2D eigenvalue weighted by Gasteiger charge is 2.05. The second kappa shape index (κ2) is 7.89. The van der Waals surface area contributed by atoms with Crippen LogP contribution in [0, 0.1) is 0 Å². The van der Waals surface area contributed by atoms with Crippen molar-refractivity contribution in [3.63, 3.8) is 0 Å².